The second-order valence-electron chi connectivity index (χ2n) is 6.43. The van der Waals surface area contributed by atoms with Crippen LogP contribution in [0.25, 0.3) is 0 Å². The zero-order chi connectivity index (χ0) is 20.3. The maximum Gasteiger partial charge on any atom is 0.334 e. The van der Waals surface area contributed by atoms with Crippen LogP contribution in [-0.4, -0.2) is 27.1 Å². The van der Waals surface area contributed by atoms with Crippen molar-refractivity contribution in [1.29, 1.82) is 0 Å². The van der Waals surface area contributed by atoms with E-state index in [9.17, 15) is 19.8 Å². The van der Waals surface area contributed by atoms with E-state index < -0.39 is 17.9 Å². The van der Waals surface area contributed by atoms with Crippen molar-refractivity contribution in [2.45, 2.75) is 26.4 Å². The first-order valence-corrected chi connectivity index (χ1v) is 8.66. The summed E-state index contributed by atoms with van der Waals surface area (Å²) in [4.78, 5) is 27.9. The molecule has 0 spiro atoms. The van der Waals surface area contributed by atoms with Crippen molar-refractivity contribution in [3.8, 4) is 5.75 Å². The van der Waals surface area contributed by atoms with Gasteiger partial charge in [-0.15, -0.1) is 0 Å². The van der Waals surface area contributed by atoms with Crippen LogP contribution < -0.4 is 10.1 Å². The standard InChI is InChI=1S/C21H20N2O5/c1-12-17(20(24)25)19(18(21(26)27)13(2)23-12)15-7-3-4-8-16(15)28-11-14-6-5-9-22-10-14/h3-10,19,23H,11H2,1-2H3,(H,24,25)(H,26,27). The molecule has 28 heavy (non-hydrogen) atoms. The number of para-hydroxylation sites is 1. The van der Waals surface area contributed by atoms with Gasteiger partial charge < -0.3 is 20.3 Å². The maximum absolute atomic E-state index is 12.0. The Kier molecular flexibility index (Phi) is 5.44. The Hall–Kier alpha value is -3.61. The van der Waals surface area contributed by atoms with E-state index in [0.717, 1.165) is 5.56 Å². The summed E-state index contributed by atoms with van der Waals surface area (Å²) in [5.74, 6) is -2.88. The molecule has 0 aliphatic carbocycles. The molecule has 1 aromatic heterocycles. The molecule has 0 unspecified atom stereocenters. The fraction of sp³-hybridized carbons (Fsp3) is 0.190. The van der Waals surface area contributed by atoms with Crippen LogP contribution in [0.3, 0.4) is 0 Å². The second-order valence-corrected chi connectivity index (χ2v) is 6.43. The van der Waals surface area contributed by atoms with E-state index in [0.29, 0.717) is 22.7 Å². The number of aromatic nitrogens is 1. The second kappa shape index (κ2) is 7.96. The molecule has 0 fully saturated rings. The predicted molar refractivity (Wildman–Crippen MR) is 102 cm³/mol. The molecule has 1 aliphatic heterocycles. The topological polar surface area (TPSA) is 109 Å². The Morgan fingerprint density at radius 2 is 1.68 bits per heavy atom. The first kappa shape index (κ1) is 19.2. The number of nitrogens with one attached hydrogen (secondary N) is 1. The summed E-state index contributed by atoms with van der Waals surface area (Å²) in [6.45, 7) is 3.47. The van der Waals surface area contributed by atoms with Crippen molar-refractivity contribution in [3.63, 3.8) is 0 Å². The third-order valence-corrected chi connectivity index (χ3v) is 4.57. The molecule has 0 amide bonds. The Balaban J connectivity index is 2.07. The van der Waals surface area contributed by atoms with Gasteiger partial charge in [-0.3, -0.25) is 4.98 Å². The van der Waals surface area contributed by atoms with Gasteiger partial charge in [-0.05, 0) is 26.0 Å². The number of benzene rings is 1. The van der Waals surface area contributed by atoms with Crippen molar-refractivity contribution in [3.05, 3.63) is 82.5 Å². The summed E-state index contributed by atoms with van der Waals surface area (Å²) in [6, 6.07) is 10.5. The smallest absolute Gasteiger partial charge is 0.334 e. The van der Waals surface area contributed by atoms with Crippen molar-refractivity contribution < 1.29 is 24.5 Å². The minimum atomic E-state index is -1.18. The first-order valence-electron chi connectivity index (χ1n) is 8.66. The molecule has 3 N–H and O–H groups in total. The van der Waals surface area contributed by atoms with Crippen LogP contribution in [0, 0.1) is 0 Å². The van der Waals surface area contributed by atoms with Gasteiger partial charge in [0.1, 0.15) is 12.4 Å². The molecular formula is C21H20N2O5. The predicted octanol–water partition coefficient (Wildman–Crippen LogP) is 3.06. The van der Waals surface area contributed by atoms with Gasteiger partial charge in [0.25, 0.3) is 0 Å². The minimum absolute atomic E-state index is 0.0135. The number of allylic oxidation sites excluding steroid dienone is 2. The lowest BCUT2D eigenvalue weighted by atomic mass is 9.80. The molecule has 0 saturated heterocycles. The van der Waals surface area contributed by atoms with Gasteiger partial charge in [0.05, 0.1) is 17.1 Å². The average molecular weight is 380 g/mol. The summed E-state index contributed by atoms with van der Waals surface area (Å²) in [5.41, 5.74) is 2.12. The molecule has 2 aromatic rings. The van der Waals surface area contributed by atoms with Gasteiger partial charge in [0, 0.05) is 34.9 Å². The molecule has 1 aliphatic rings. The maximum atomic E-state index is 12.0. The van der Waals surface area contributed by atoms with Crippen molar-refractivity contribution in [2.75, 3.05) is 0 Å². The molecule has 0 saturated carbocycles. The highest BCUT2D eigenvalue weighted by Gasteiger charge is 2.37. The molecule has 1 aromatic carbocycles. The molecule has 2 heterocycles. The highest BCUT2D eigenvalue weighted by molar-refractivity contribution is 5.98. The number of carboxylic acid groups (broad SMARTS) is 2. The zero-order valence-corrected chi connectivity index (χ0v) is 15.5. The fourth-order valence-electron chi connectivity index (χ4n) is 3.37. The Labute approximate surface area is 162 Å². The van der Waals surface area contributed by atoms with Crippen LogP contribution in [0.15, 0.2) is 71.3 Å². The molecule has 3 rings (SSSR count). The number of aliphatic carboxylic acids is 2. The molecule has 144 valence electrons. The number of ether oxygens (including phenoxy) is 1. The number of hydrogen-bond donors (Lipinski definition) is 3. The van der Waals surface area contributed by atoms with E-state index >= 15 is 0 Å². The lowest BCUT2D eigenvalue weighted by Gasteiger charge is -2.29. The summed E-state index contributed by atoms with van der Waals surface area (Å²) >= 11 is 0. The first-order chi connectivity index (χ1) is 13.4. The van der Waals surface area contributed by atoms with E-state index in [4.69, 9.17) is 4.74 Å². The third kappa shape index (κ3) is 3.73. The van der Waals surface area contributed by atoms with Gasteiger partial charge in [0.2, 0.25) is 0 Å². The molecular weight excluding hydrogens is 360 g/mol. The summed E-state index contributed by atoms with van der Waals surface area (Å²) < 4.78 is 5.91. The number of nitrogens with zero attached hydrogens (tertiary/aromatic N) is 1. The normalized spacial score (nSPS) is 14.6. The van der Waals surface area contributed by atoms with Crippen molar-refractivity contribution in [2.24, 2.45) is 0 Å². The lowest BCUT2D eigenvalue weighted by Crippen LogP contribution is -2.31. The van der Waals surface area contributed by atoms with Crippen LogP contribution in [0.2, 0.25) is 0 Å². The van der Waals surface area contributed by atoms with E-state index in [1.807, 2.05) is 6.07 Å². The number of rotatable bonds is 6. The van der Waals surface area contributed by atoms with Crippen LogP contribution in [0.5, 0.6) is 5.75 Å². The summed E-state index contributed by atoms with van der Waals surface area (Å²) in [7, 11) is 0. The number of carboxylic acids is 2. The summed E-state index contributed by atoms with van der Waals surface area (Å²) in [5, 5.41) is 22.4. The zero-order valence-electron chi connectivity index (χ0n) is 15.5. The van der Waals surface area contributed by atoms with Gasteiger partial charge in [-0.25, -0.2) is 9.59 Å². The quantitative estimate of drug-likeness (QED) is 0.707. The van der Waals surface area contributed by atoms with Crippen LogP contribution in [0.4, 0.5) is 0 Å². The summed E-state index contributed by atoms with van der Waals surface area (Å²) in [6.07, 6.45) is 3.33. The molecule has 7 heteroatoms. The largest absolute Gasteiger partial charge is 0.489 e. The lowest BCUT2D eigenvalue weighted by molar-refractivity contribution is -0.133. The number of pyridine rings is 1. The molecule has 7 nitrogen and oxygen atoms in total. The fourth-order valence-corrected chi connectivity index (χ4v) is 3.37. The van der Waals surface area contributed by atoms with Gasteiger partial charge in [0.15, 0.2) is 0 Å². The van der Waals surface area contributed by atoms with Crippen molar-refractivity contribution in [1.82, 2.24) is 10.3 Å². The minimum Gasteiger partial charge on any atom is -0.489 e. The Morgan fingerprint density at radius 1 is 1.04 bits per heavy atom. The Bertz CT molecular complexity index is 943. The van der Waals surface area contributed by atoms with E-state index in [1.54, 1.807) is 56.6 Å². The van der Waals surface area contributed by atoms with Crippen LogP contribution >= 0.6 is 0 Å². The van der Waals surface area contributed by atoms with E-state index in [2.05, 4.69) is 10.3 Å². The van der Waals surface area contributed by atoms with Crippen LogP contribution in [0.1, 0.15) is 30.9 Å². The third-order valence-electron chi connectivity index (χ3n) is 4.57. The van der Waals surface area contributed by atoms with E-state index in [1.165, 1.54) is 0 Å². The highest BCUT2D eigenvalue weighted by atomic mass is 16.5. The van der Waals surface area contributed by atoms with Gasteiger partial charge in [-0.2, -0.15) is 0 Å². The number of hydrogen-bond acceptors (Lipinski definition) is 5. The Morgan fingerprint density at radius 3 is 2.25 bits per heavy atom. The number of dihydropyridines is 1. The van der Waals surface area contributed by atoms with Gasteiger partial charge in [-0.1, -0.05) is 24.3 Å². The van der Waals surface area contributed by atoms with E-state index in [-0.39, 0.29) is 17.8 Å². The molecule has 0 radical (unpaired) electrons. The molecule has 0 bridgehead atoms. The SMILES string of the molecule is CC1=C(C(=O)O)C(c2ccccc2OCc2cccnc2)C(C(=O)O)=C(C)N1. The van der Waals surface area contributed by atoms with Crippen molar-refractivity contribution >= 4 is 11.9 Å². The number of carbonyl (C=O) groups is 2. The highest BCUT2D eigenvalue weighted by Crippen LogP contribution is 2.42. The monoisotopic (exact) mass is 380 g/mol. The van der Waals surface area contributed by atoms with Gasteiger partial charge >= 0.3 is 11.9 Å². The van der Waals surface area contributed by atoms with Crippen LogP contribution in [-0.2, 0) is 16.2 Å². The average Bonchev–Trinajstić information content (AvgIpc) is 2.66. The molecule has 0 atom stereocenters.